The van der Waals surface area contributed by atoms with Crippen molar-refractivity contribution in [3.63, 3.8) is 0 Å². The SMILES string of the molecule is CC(=O)N(Cc1ccsc1)[C@H]1CC12CCN(C(=O)Cc1ccncc1)CC2. The van der Waals surface area contributed by atoms with Crippen molar-refractivity contribution in [1.82, 2.24) is 14.8 Å². The number of likely N-dealkylation sites (tertiary alicyclic amines) is 1. The number of hydrogen-bond acceptors (Lipinski definition) is 4. The predicted octanol–water partition coefficient (Wildman–Crippen LogP) is 3.12. The highest BCUT2D eigenvalue weighted by molar-refractivity contribution is 7.07. The van der Waals surface area contributed by atoms with Crippen molar-refractivity contribution in [3.05, 3.63) is 52.5 Å². The molecule has 0 bridgehead atoms. The lowest BCUT2D eigenvalue weighted by Crippen LogP contribution is -2.43. The molecule has 0 unspecified atom stereocenters. The van der Waals surface area contributed by atoms with Gasteiger partial charge >= 0.3 is 0 Å². The Morgan fingerprint density at radius 2 is 1.96 bits per heavy atom. The number of carbonyl (C=O) groups excluding carboxylic acids is 2. The van der Waals surface area contributed by atoms with Crippen LogP contribution in [0.15, 0.2) is 41.4 Å². The van der Waals surface area contributed by atoms with Crippen molar-refractivity contribution in [1.29, 1.82) is 0 Å². The molecule has 2 aromatic rings. The van der Waals surface area contributed by atoms with E-state index in [0.717, 1.165) is 37.9 Å². The first-order chi connectivity index (χ1) is 13.1. The highest BCUT2D eigenvalue weighted by atomic mass is 32.1. The number of piperidine rings is 1. The average molecular weight is 384 g/mol. The first-order valence-electron chi connectivity index (χ1n) is 9.52. The van der Waals surface area contributed by atoms with Gasteiger partial charge in [-0.05, 0) is 64.8 Å². The van der Waals surface area contributed by atoms with E-state index in [1.165, 1.54) is 5.56 Å². The Morgan fingerprint density at radius 1 is 1.22 bits per heavy atom. The van der Waals surface area contributed by atoms with Gasteiger partial charge in [0.05, 0.1) is 6.42 Å². The molecule has 1 saturated carbocycles. The molecule has 1 aliphatic heterocycles. The number of thiophene rings is 1. The fourth-order valence-corrected chi connectivity index (χ4v) is 4.97. The molecular formula is C21H25N3O2S. The summed E-state index contributed by atoms with van der Waals surface area (Å²) in [7, 11) is 0. The second-order valence-electron chi connectivity index (χ2n) is 7.77. The molecule has 2 aliphatic rings. The zero-order valence-electron chi connectivity index (χ0n) is 15.6. The monoisotopic (exact) mass is 383 g/mol. The van der Waals surface area contributed by atoms with E-state index in [4.69, 9.17) is 0 Å². The Balaban J connectivity index is 1.33. The second-order valence-corrected chi connectivity index (χ2v) is 8.55. The lowest BCUT2D eigenvalue weighted by molar-refractivity contribution is -0.134. The predicted molar refractivity (Wildman–Crippen MR) is 105 cm³/mol. The Bertz CT molecular complexity index is 798. The maximum absolute atomic E-state index is 12.6. The van der Waals surface area contributed by atoms with Crippen LogP contribution < -0.4 is 0 Å². The van der Waals surface area contributed by atoms with Crippen LogP contribution in [0.4, 0.5) is 0 Å². The molecule has 27 heavy (non-hydrogen) atoms. The fourth-order valence-electron chi connectivity index (χ4n) is 4.31. The molecule has 142 valence electrons. The van der Waals surface area contributed by atoms with Crippen LogP contribution in [0.5, 0.6) is 0 Å². The summed E-state index contributed by atoms with van der Waals surface area (Å²) < 4.78 is 0. The third-order valence-corrected chi connectivity index (χ3v) is 6.81. The second kappa shape index (κ2) is 7.43. The van der Waals surface area contributed by atoms with E-state index in [9.17, 15) is 9.59 Å². The van der Waals surface area contributed by atoms with E-state index in [-0.39, 0.29) is 17.2 Å². The number of aromatic nitrogens is 1. The minimum absolute atomic E-state index is 0.152. The zero-order chi connectivity index (χ0) is 18.9. The largest absolute Gasteiger partial charge is 0.342 e. The van der Waals surface area contributed by atoms with E-state index >= 15 is 0 Å². The quantitative estimate of drug-likeness (QED) is 0.797. The molecule has 2 fully saturated rings. The van der Waals surface area contributed by atoms with E-state index in [0.29, 0.717) is 19.0 Å². The summed E-state index contributed by atoms with van der Waals surface area (Å²) in [4.78, 5) is 32.8. The number of amides is 2. The van der Waals surface area contributed by atoms with Crippen LogP contribution in [0.3, 0.4) is 0 Å². The minimum atomic E-state index is 0.152. The lowest BCUT2D eigenvalue weighted by Gasteiger charge is -2.35. The van der Waals surface area contributed by atoms with E-state index in [1.807, 2.05) is 21.9 Å². The third-order valence-electron chi connectivity index (χ3n) is 6.08. The summed E-state index contributed by atoms with van der Waals surface area (Å²) >= 11 is 1.67. The van der Waals surface area contributed by atoms with Gasteiger partial charge in [-0.25, -0.2) is 0 Å². The number of rotatable bonds is 5. The standard InChI is InChI=1S/C21H25N3O2S/c1-16(25)24(14-18-4-11-27-15-18)19-13-21(19)5-9-23(10-6-21)20(26)12-17-2-7-22-8-3-17/h2-4,7-8,11,15,19H,5-6,9-10,12-14H2,1H3/t19-/m0/s1. The molecule has 1 atom stereocenters. The summed E-state index contributed by atoms with van der Waals surface area (Å²) in [6.07, 6.45) is 6.96. The summed E-state index contributed by atoms with van der Waals surface area (Å²) in [5.74, 6) is 0.342. The van der Waals surface area contributed by atoms with Crippen molar-refractivity contribution < 1.29 is 9.59 Å². The number of nitrogens with zero attached hydrogens (tertiary/aromatic N) is 3. The summed E-state index contributed by atoms with van der Waals surface area (Å²) in [5.41, 5.74) is 2.44. The van der Waals surface area contributed by atoms with E-state index < -0.39 is 0 Å². The topological polar surface area (TPSA) is 53.5 Å². The Kier molecular flexibility index (Phi) is 5.00. The Morgan fingerprint density at radius 3 is 2.59 bits per heavy atom. The van der Waals surface area contributed by atoms with Crippen molar-refractivity contribution in [2.75, 3.05) is 13.1 Å². The van der Waals surface area contributed by atoms with Crippen molar-refractivity contribution in [2.45, 2.75) is 45.2 Å². The first kappa shape index (κ1) is 18.2. The molecule has 1 saturated heterocycles. The van der Waals surface area contributed by atoms with Gasteiger partial charge in [-0.15, -0.1) is 0 Å². The maximum Gasteiger partial charge on any atom is 0.226 e. The van der Waals surface area contributed by atoms with Crippen molar-refractivity contribution >= 4 is 23.2 Å². The van der Waals surface area contributed by atoms with Crippen LogP contribution in [0.25, 0.3) is 0 Å². The van der Waals surface area contributed by atoms with E-state index in [2.05, 4.69) is 21.8 Å². The van der Waals surface area contributed by atoms with Crippen LogP contribution in [-0.4, -0.2) is 45.7 Å². The van der Waals surface area contributed by atoms with Crippen LogP contribution in [0.1, 0.15) is 37.3 Å². The molecule has 0 aromatic carbocycles. The van der Waals surface area contributed by atoms with Gasteiger partial charge in [-0.3, -0.25) is 14.6 Å². The van der Waals surface area contributed by atoms with Gasteiger partial charge in [0.2, 0.25) is 11.8 Å². The molecule has 4 rings (SSSR count). The third kappa shape index (κ3) is 3.90. The Labute approximate surface area is 164 Å². The molecule has 0 N–H and O–H groups in total. The van der Waals surface area contributed by atoms with Crippen LogP contribution >= 0.6 is 11.3 Å². The molecular weight excluding hydrogens is 358 g/mol. The highest BCUT2D eigenvalue weighted by Crippen LogP contribution is 2.57. The highest BCUT2D eigenvalue weighted by Gasteiger charge is 2.58. The summed E-state index contributed by atoms with van der Waals surface area (Å²) in [6, 6.07) is 6.22. The first-order valence-corrected chi connectivity index (χ1v) is 10.5. The molecule has 2 amide bonds. The van der Waals surface area contributed by atoms with Gasteiger partial charge < -0.3 is 9.80 Å². The number of carbonyl (C=O) groups is 2. The molecule has 1 aliphatic carbocycles. The van der Waals surface area contributed by atoms with Crippen LogP contribution in [0.2, 0.25) is 0 Å². The van der Waals surface area contributed by atoms with Crippen LogP contribution in [-0.2, 0) is 22.6 Å². The minimum Gasteiger partial charge on any atom is -0.342 e. The van der Waals surface area contributed by atoms with Crippen molar-refractivity contribution in [2.24, 2.45) is 5.41 Å². The molecule has 3 heterocycles. The number of hydrogen-bond donors (Lipinski definition) is 0. The van der Waals surface area contributed by atoms with Gasteiger partial charge in [0.25, 0.3) is 0 Å². The average Bonchev–Trinajstić information content (AvgIpc) is 3.10. The van der Waals surface area contributed by atoms with Gasteiger partial charge in [-0.2, -0.15) is 11.3 Å². The smallest absolute Gasteiger partial charge is 0.226 e. The summed E-state index contributed by atoms with van der Waals surface area (Å²) in [5, 5.41) is 4.18. The molecule has 0 radical (unpaired) electrons. The Hall–Kier alpha value is -2.21. The molecule has 2 aromatic heterocycles. The zero-order valence-corrected chi connectivity index (χ0v) is 16.5. The molecule has 1 spiro atoms. The van der Waals surface area contributed by atoms with Crippen molar-refractivity contribution in [3.8, 4) is 0 Å². The number of pyridine rings is 1. The van der Waals surface area contributed by atoms with Gasteiger partial charge in [0.15, 0.2) is 0 Å². The molecule has 5 nitrogen and oxygen atoms in total. The van der Waals surface area contributed by atoms with Crippen LogP contribution in [0, 0.1) is 5.41 Å². The van der Waals surface area contributed by atoms with Gasteiger partial charge in [0, 0.05) is 45.0 Å². The molecule has 6 heteroatoms. The maximum atomic E-state index is 12.6. The summed E-state index contributed by atoms with van der Waals surface area (Å²) in [6.45, 7) is 3.97. The lowest BCUT2D eigenvalue weighted by atomic mass is 9.92. The van der Waals surface area contributed by atoms with Gasteiger partial charge in [0.1, 0.15) is 0 Å². The van der Waals surface area contributed by atoms with Gasteiger partial charge in [-0.1, -0.05) is 0 Å². The normalized spacial score (nSPS) is 20.5. The van der Waals surface area contributed by atoms with E-state index in [1.54, 1.807) is 30.7 Å². The fraction of sp³-hybridized carbons (Fsp3) is 0.476.